The standard InChI is InChI=1S/C10H9N3O3/c1-15-16-7-2-3-8(9(14)4-7)10-12-5-11-6-13-10/h2-6,14H,1H3. The Morgan fingerprint density at radius 1 is 1.19 bits per heavy atom. The molecule has 1 heterocycles. The summed E-state index contributed by atoms with van der Waals surface area (Å²) >= 11 is 0. The van der Waals surface area contributed by atoms with Crippen LogP contribution in [0.2, 0.25) is 0 Å². The fourth-order valence-electron chi connectivity index (χ4n) is 1.23. The summed E-state index contributed by atoms with van der Waals surface area (Å²) in [5.74, 6) is 0.815. The van der Waals surface area contributed by atoms with Gasteiger partial charge in [-0.05, 0) is 12.1 Å². The topological polar surface area (TPSA) is 77.4 Å². The first-order valence-corrected chi connectivity index (χ1v) is 4.47. The molecule has 0 saturated heterocycles. The van der Waals surface area contributed by atoms with Crippen molar-refractivity contribution in [1.82, 2.24) is 15.0 Å². The Kier molecular flexibility index (Phi) is 2.93. The molecule has 0 atom stereocenters. The molecule has 0 saturated carbocycles. The van der Waals surface area contributed by atoms with E-state index in [4.69, 9.17) is 4.89 Å². The summed E-state index contributed by atoms with van der Waals surface area (Å²) < 4.78 is 0. The molecule has 0 amide bonds. The molecule has 0 radical (unpaired) electrons. The molecule has 0 aliphatic heterocycles. The minimum atomic E-state index is 0.0146. The van der Waals surface area contributed by atoms with E-state index in [1.54, 1.807) is 12.1 Å². The monoisotopic (exact) mass is 219 g/mol. The third kappa shape index (κ3) is 2.06. The second-order valence-corrected chi connectivity index (χ2v) is 2.89. The average molecular weight is 219 g/mol. The first kappa shape index (κ1) is 10.3. The van der Waals surface area contributed by atoms with Crippen LogP contribution in [0.1, 0.15) is 0 Å². The molecule has 0 spiro atoms. The first-order chi connectivity index (χ1) is 7.81. The molecule has 2 rings (SSSR count). The zero-order chi connectivity index (χ0) is 11.4. The number of nitrogens with zero attached hydrogens (tertiary/aromatic N) is 3. The molecule has 0 unspecified atom stereocenters. The van der Waals surface area contributed by atoms with Crippen LogP contribution >= 0.6 is 0 Å². The molecule has 82 valence electrons. The van der Waals surface area contributed by atoms with Crippen LogP contribution in [0.5, 0.6) is 11.5 Å². The summed E-state index contributed by atoms with van der Waals surface area (Å²) in [7, 11) is 1.39. The smallest absolute Gasteiger partial charge is 0.169 e. The Morgan fingerprint density at radius 3 is 2.56 bits per heavy atom. The SMILES string of the molecule is COOc1ccc(-c2ncncn2)c(O)c1. The van der Waals surface area contributed by atoms with Crippen LogP contribution in [0, 0.1) is 0 Å². The van der Waals surface area contributed by atoms with E-state index in [1.165, 1.54) is 25.8 Å². The molecule has 16 heavy (non-hydrogen) atoms. The van der Waals surface area contributed by atoms with Crippen molar-refractivity contribution >= 4 is 0 Å². The van der Waals surface area contributed by atoms with Gasteiger partial charge >= 0.3 is 0 Å². The third-order valence-electron chi connectivity index (χ3n) is 1.88. The van der Waals surface area contributed by atoms with Crippen LogP contribution < -0.4 is 4.89 Å². The number of phenolic OH excluding ortho intramolecular Hbond substituents is 1. The molecular weight excluding hydrogens is 210 g/mol. The molecule has 0 fully saturated rings. The number of benzene rings is 1. The molecule has 1 aromatic heterocycles. The Balaban J connectivity index is 2.37. The minimum Gasteiger partial charge on any atom is -0.507 e. The van der Waals surface area contributed by atoms with Crippen LogP contribution in [0.15, 0.2) is 30.9 Å². The van der Waals surface area contributed by atoms with Crippen molar-refractivity contribution in [1.29, 1.82) is 0 Å². The van der Waals surface area contributed by atoms with Gasteiger partial charge in [0, 0.05) is 6.07 Å². The molecular formula is C10H9N3O3. The minimum absolute atomic E-state index is 0.0146. The van der Waals surface area contributed by atoms with Crippen molar-refractivity contribution in [2.75, 3.05) is 7.11 Å². The van der Waals surface area contributed by atoms with Gasteiger partial charge in [0.15, 0.2) is 11.6 Å². The zero-order valence-corrected chi connectivity index (χ0v) is 8.49. The van der Waals surface area contributed by atoms with Crippen LogP contribution in [-0.2, 0) is 4.89 Å². The summed E-state index contributed by atoms with van der Waals surface area (Å²) in [5.41, 5.74) is 0.505. The summed E-state index contributed by atoms with van der Waals surface area (Å²) in [6.45, 7) is 0. The van der Waals surface area contributed by atoms with E-state index in [9.17, 15) is 5.11 Å². The zero-order valence-electron chi connectivity index (χ0n) is 8.49. The lowest BCUT2D eigenvalue weighted by atomic mass is 10.2. The van der Waals surface area contributed by atoms with Gasteiger partial charge in [-0.2, -0.15) is 4.89 Å². The molecule has 1 aromatic carbocycles. The molecule has 6 nitrogen and oxygen atoms in total. The molecule has 0 aliphatic carbocycles. The van der Waals surface area contributed by atoms with Crippen LogP contribution in [0.3, 0.4) is 0 Å². The van der Waals surface area contributed by atoms with Gasteiger partial charge < -0.3 is 9.99 Å². The van der Waals surface area contributed by atoms with E-state index in [0.717, 1.165) is 0 Å². The number of aromatic hydroxyl groups is 1. The van der Waals surface area contributed by atoms with Gasteiger partial charge in [0.2, 0.25) is 0 Å². The van der Waals surface area contributed by atoms with E-state index in [1.807, 2.05) is 0 Å². The van der Waals surface area contributed by atoms with Crippen molar-refractivity contribution < 1.29 is 14.9 Å². The van der Waals surface area contributed by atoms with Crippen LogP contribution in [0.4, 0.5) is 0 Å². The van der Waals surface area contributed by atoms with Crippen molar-refractivity contribution in [3.63, 3.8) is 0 Å². The highest BCUT2D eigenvalue weighted by molar-refractivity contribution is 5.64. The maximum absolute atomic E-state index is 9.74. The quantitative estimate of drug-likeness (QED) is 0.617. The molecule has 0 aliphatic rings. The summed E-state index contributed by atoms with van der Waals surface area (Å²) in [5, 5.41) is 9.74. The number of hydrogen-bond acceptors (Lipinski definition) is 6. The van der Waals surface area contributed by atoms with Crippen molar-refractivity contribution in [2.45, 2.75) is 0 Å². The van der Waals surface area contributed by atoms with E-state index in [0.29, 0.717) is 17.1 Å². The second-order valence-electron chi connectivity index (χ2n) is 2.89. The third-order valence-corrected chi connectivity index (χ3v) is 1.88. The molecule has 1 N–H and O–H groups in total. The maximum atomic E-state index is 9.74. The Bertz CT molecular complexity index is 476. The van der Waals surface area contributed by atoms with Crippen molar-refractivity contribution in [3.8, 4) is 22.9 Å². The van der Waals surface area contributed by atoms with E-state index in [2.05, 4.69) is 19.8 Å². The average Bonchev–Trinajstić information content (AvgIpc) is 2.31. The number of phenols is 1. The fourth-order valence-corrected chi connectivity index (χ4v) is 1.23. The van der Waals surface area contributed by atoms with E-state index >= 15 is 0 Å². The molecule has 0 bridgehead atoms. The van der Waals surface area contributed by atoms with Gasteiger partial charge in [-0.15, -0.1) is 0 Å². The predicted octanol–water partition coefficient (Wildman–Crippen LogP) is 1.18. The Morgan fingerprint density at radius 2 is 1.94 bits per heavy atom. The van der Waals surface area contributed by atoms with Gasteiger partial charge in [0.05, 0.1) is 12.7 Å². The fraction of sp³-hybridized carbons (Fsp3) is 0.100. The highest BCUT2D eigenvalue weighted by atomic mass is 17.2. The lowest BCUT2D eigenvalue weighted by Crippen LogP contribution is -1.92. The maximum Gasteiger partial charge on any atom is 0.169 e. The number of hydrogen-bond donors (Lipinski definition) is 1. The van der Waals surface area contributed by atoms with Crippen LogP contribution in [-0.4, -0.2) is 27.2 Å². The number of aromatic nitrogens is 3. The molecule has 2 aromatic rings. The largest absolute Gasteiger partial charge is 0.507 e. The van der Waals surface area contributed by atoms with E-state index in [-0.39, 0.29) is 5.75 Å². The Hall–Kier alpha value is -2.21. The predicted molar refractivity (Wildman–Crippen MR) is 54.6 cm³/mol. The normalized spacial score (nSPS) is 10.1. The van der Waals surface area contributed by atoms with E-state index < -0.39 is 0 Å². The van der Waals surface area contributed by atoms with Crippen molar-refractivity contribution in [3.05, 3.63) is 30.9 Å². The van der Waals surface area contributed by atoms with Crippen molar-refractivity contribution in [2.24, 2.45) is 0 Å². The highest BCUT2D eigenvalue weighted by Crippen LogP contribution is 2.29. The Labute approximate surface area is 91.5 Å². The van der Waals surface area contributed by atoms with Gasteiger partial charge in [0.25, 0.3) is 0 Å². The van der Waals surface area contributed by atoms with Gasteiger partial charge in [-0.3, -0.25) is 0 Å². The van der Waals surface area contributed by atoms with Gasteiger partial charge in [0.1, 0.15) is 18.4 Å². The van der Waals surface area contributed by atoms with Gasteiger partial charge in [-0.1, -0.05) is 0 Å². The summed E-state index contributed by atoms with van der Waals surface area (Å²) in [4.78, 5) is 20.8. The summed E-state index contributed by atoms with van der Waals surface area (Å²) in [6.07, 6.45) is 2.72. The number of rotatable bonds is 3. The van der Waals surface area contributed by atoms with Gasteiger partial charge in [-0.25, -0.2) is 15.0 Å². The molecule has 6 heteroatoms. The second kappa shape index (κ2) is 4.54. The first-order valence-electron chi connectivity index (χ1n) is 4.47. The lowest BCUT2D eigenvalue weighted by molar-refractivity contribution is -0.178. The highest BCUT2D eigenvalue weighted by Gasteiger charge is 2.08. The lowest BCUT2D eigenvalue weighted by Gasteiger charge is -2.05. The summed E-state index contributed by atoms with van der Waals surface area (Å²) in [6, 6.07) is 4.70. The van der Waals surface area contributed by atoms with Crippen LogP contribution in [0.25, 0.3) is 11.4 Å².